The van der Waals surface area contributed by atoms with Gasteiger partial charge in [-0.05, 0) is 31.5 Å². The van der Waals surface area contributed by atoms with E-state index in [9.17, 15) is 9.59 Å². The number of amides is 1. The van der Waals surface area contributed by atoms with Crippen molar-refractivity contribution in [2.24, 2.45) is 0 Å². The van der Waals surface area contributed by atoms with E-state index in [4.69, 9.17) is 23.2 Å². The number of thioether (sulfide) groups is 1. The molecule has 0 aliphatic carbocycles. The average Bonchev–Trinajstić information content (AvgIpc) is 2.79. The van der Waals surface area contributed by atoms with Crippen molar-refractivity contribution in [3.05, 3.63) is 38.7 Å². The van der Waals surface area contributed by atoms with Gasteiger partial charge in [-0.1, -0.05) is 41.9 Å². The van der Waals surface area contributed by atoms with Crippen LogP contribution >= 0.6 is 35.0 Å². The number of carbonyl (C=O) groups is 1. The quantitative estimate of drug-likeness (QED) is 0.759. The second-order valence-electron chi connectivity index (χ2n) is 4.87. The number of nitrogens with one attached hydrogen (secondary N) is 2. The molecule has 0 saturated carbocycles. The van der Waals surface area contributed by atoms with E-state index < -0.39 is 5.25 Å². The van der Waals surface area contributed by atoms with Crippen molar-refractivity contribution < 1.29 is 4.79 Å². The molecule has 2 rings (SSSR count). The van der Waals surface area contributed by atoms with Crippen LogP contribution in [0.15, 0.2) is 28.2 Å². The number of aromatic amines is 1. The van der Waals surface area contributed by atoms with Gasteiger partial charge in [0.15, 0.2) is 5.16 Å². The van der Waals surface area contributed by atoms with Gasteiger partial charge in [-0.25, -0.2) is 9.89 Å². The maximum atomic E-state index is 12.3. The van der Waals surface area contributed by atoms with E-state index in [0.29, 0.717) is 27.4 Å². The normalized spacial score (nSPS) is 12.2. The number of aromatic nitrogens is 3. The SMILES string of the molecule is CCCn1c(S[C@@H](C)C(=O)Nc2cc(Cl)cc(Cl)c2)n[nH]c1=O. The van der Waals surface area contributed by atoms with Crippen molar-refractivity contribution in [2.45, 2.75) is 37.2 Å². The largest absolute Gasteiger partial charge is 0.343 e. The predicted octanol–water partition coefficient (Wildman–Crippen LogP) is 3.41. The Morgan fingerprint density at radius 2 is 2.04 bits per heavy atom. The van der Waals surface area contributed by atoms with Crippen LogP contribution in [0.4, 0.5) is 5.69 Å². The monoisotopic (exact) mass is 374 g/mol. The number of nitrogens with zero attached hydrogens (tertiary/aromatic N) is 2. The predicted molar refractivity (Wildman–Crippen MR) is 93.5 cm³/mol. The first-order valence-electron chi connectivity index (χ1n) is 6.99. The summed E-state index contributed by atoms with van der Waals surface area (Å²) < 4.78 is 1.52. The Hall–Kier alpha value is -1.44. The fourth-order valence-electron chi connectivity index (χ4n) is 1.90. The van der Waals surface area contributed by atoms with Crippen LogP contribution in [0.2, 0.25) is 10.0 Å². The Balaban J connectivity index is 2.07. The molecule has 0 radical (unpaired) electrons. The van der Waals surface area contributed by atoms with Crippen LogP contribution in [0.3, 0.4) is 0 Å². The highest BCUT2D eigenvalue weighted by Gasteiger charge is 2.19. The molecule has 0 aliphatic rings. The zero-order valence-corrected chi connectivity index (χ0v) is 14.9. The number of hydrogen-bond acceptors (Lipinski definition) is 4. The summed E-state index contributed by atoms with van der Waals surface area (Å²) in [6, 6.07) is 4.82. The average molecular weight is 375 g/mol. The lowest BCUT2D eigenvalue weighted by Gasteiger charge is -2.12. The lowest BCUT2D eigenvalue weighted by atomic mass is 10.3. The van der Waals surface area contributed by atoms with Gasteiger partial charge in [-0.15, -0.1) is 5.10 Å². The van der Waals surface area contributed by atoms with Gasteiger partial charge in [-0.2, -0.15) is 0 Å². The Morgan fingerprint density at radius 3 is 2.65 bits per heavy atom. The summed E-state index contributed by atoms with van der Waals surface area (Å²) in [4.78, 5) is 23.9. The van der Waals surface area contributed by atoms with Crippen LogP contribution in [0.25, 0.3) is 0 Å². The van der Waals surface area contributed by atoms with E-state index in [1.54, 1.807) is 25.1 Å². The summed E-state index contributed by atoms with van der Waals surface area (Å²) in [5, 5.41) is 10.0. The van der Waals surface area contributed by atoms with E-state index in [0.717, 1.165) is 6.42 Å². The lowest BCUT2D eigenvalue weighted by molar-refractivity contribution is -0.115. The van der Waals surface area contributed by atoms with E-state index in [-0.39, 0.29) is 11.6 Å². The van der Waals surface area contributed by atoms with Crippen molar-refractivity contribution in [1.29, 1.82) is 0 Å². The van der Waals surface area contributed by atoms with Crippen LogP contribution < -0.4 is 11.0 Å². The molecule has 2 N–H and O–H groups in total. The van der Waals surface area contributed by atoms with Gasteiger partial charge in [0.1, 0.15) is 0 Å². The Bertz CT molecular complexity index is 739. The van der Waals surface area contributed by atoms with Gasteiger partial charge in [0, 0.05) is 22.3 Å². The Morgan fingerprint density at radius 1 is 1.39 bits per heavy atom. The summed E-state index contributed by atoms with van der Waals surface area (Å²) in [6.07, 6.45) is 0.800. The summed E-state index contributed by atoms with van der Waals surface area (Å²) in [5.41, 5.74) is 0.247. The second kappa shape index (κ2) is 7.90. The topological polar surface area (TPSA) is 79.8 Å². The van der Waals surface area contributed by atoms with Crippen molar-refractivity contribution in [2.75, 3.05) is 5.32 Å². The minimum Gasteiger partial charge on any atom is -0.325 e. The minimum absolute atomic E-state index is 0.230. The highest BCUT2D eigenvalue weighted by atomic mass is 35.5. The molecule has 0 fully saturated rings. The van der Waals surface area contributed by atoms with Gasteiger partial charge in [0.2, 0.25) is 5.91 Å². The van der Waals surface area contributed by atoms with E-state index >= 15 is 0 Å². The number of halogens is 2. The lowest BCUT2D eigenvalue weighted by Crippen LogP contribution is -2.24. The molecule has 1 aromatic carbocycles. The molecule has 6 nitrogen and oxygen atoms in total. The van der Waals surface area contributed by atoms with E-state index in [1.807, 2.05) is 6.92 Å². The molecule has 23 heavy (non-hydrogen) atoms. The molecule has 1 heterocycles. The van der Waals surface area contributed by atoms with E-state index in [1.165, 1.54) is 16.3 Å². The van der Waals surface area contributed by atoms with E-state index in [2.05, 4.69) is 15.5 Å². The number of rotatable bonds is 6. The fourth-order valence-corrected chi connectivity index (χ4v) is 3.30. The molecule has 1 aromatic heterocycles. The summed E-state index contributed by atoms with van der Waals surface area (Å²) in [6.45, 7) is 4.25. The smallest absolute Gasteiger partial charge is 0.325 e. The molecule has 9 heteroatoms. The molecule has 2 aromatic rings. The number of hydrogen-bond donors (Lipinski definition) is 2. The second-order valence-corrected chi connectivity index (χ2v) is 7.05. The van der Waals surface area contributed by atoms with Gasteiger partial charge >= 0.3 is 5.69 Å². The molecule has 124 valence electrons. The van der Waals surface area contributed by atoms with Crippen molar-refractivity contribution in [3.8, 4) is 0 Å². The van der Waals surface area contributed by atoms with Crippen LogP contribution in [-0.2, 0) is 11.3 Å². The zero-order chi connectivity index (χ0) is 17.0. The molecular formula is C14H16Cl2N4O2S. The van der Waals surface area contributed by atoms with Crippen LogP contribution in [0.5, 0.6) is 0 Å². The summed E-state index contributed by atoms with van der Waals surface area (Å²) in [5.74, 6) is -0.230. The summed E-state index contributed by atoms with van der Waals surface area (Å²) >= 11 is 13.0. The van der Waals surface area contributed by atoms with Crippen molar-refractivity contribution in [3.63, 3.8) is 0 Å². The van der Waals surface area contributed by atoms with Gasteiger partial charge < -0.3 is 5.32 Å². The van der Waals surface area contributed by atoms with Gasteiger partial charge in [0.25, 0.3) is 0 Å². The maximum Gasteiger partial charge on any atom is 0.343 e. The molecule has 0 aliphatic heterocycles. The third-order valence-corrected chi connectivity index (χ3v) is 4.48. The van der Waals surface area contributed by atoms with Crippen LogP contribution in [-0.4, -0.2) is 25.9 Å². The van der Waals surface area contributed by atoms with Gasteiger partial charge in [-0.3, -0.25) is 9.36 Å². The first-order valence-corrected chi connectivity index (χ1v) is 8.63. The summed E-state index contributed by atoms with van der Waals surface area (Å²) in [7, 11) is 0. The number of H-pyrrole nitrogens is 1. The molecule has 1 amide bonds. The number of benzene rings is 1. The molecular weight excluding hydrogens is 359 g/mol. The third kappa shape index (κ3) is 4.76. The standard InChI is InChI=1S/C14H16Cl2N4O2S/c1-3-4-20-13(22)18-19-14(20)23-8(2)12(21)17-11-6-9(15)5-10(16)7-11/h5-8H,3-4H2,1-2H3,(H,17,21)(H,18,22)/t8-/m0/s1. The highest BCUT2D eigenvalue weighted by molar-refractivity contribution is 8.00. The van der Waals surface area contributed by atoms with Crippen LogP contribution in [0.1, 0.15) is 20.3 Å². The molecule has 0 spiro atoms. The number of anilines is 1. The van der Waals surface area contributed by atoms with Crippen molar-refractivity contribution in [1.82, 2.24) is 14.8 Å². The molecule has 0 unspecified atom stereocenters. The number of carbonyl (C=O) groups excluding carboxylic acids is 1. The first-order chi connectivity index (χ1) is 10.9. The molecule has 0 saturated heterocycles. The first kappa shape index (κ1) is 17.9. The molecule has 0 bridgehead atoms. The third-order valence-electron chi connectivity index (χ3n) is 2.95. The zero-order valence-electron chi connectivity index (χ0n) is 12.6. The van der Waals surface area contributed by atoms with Crippen LogP contribution in [0, 0.1) is 0 Å². The highest BCUT2D eigenvalue weighted by Crippen LogP contribution is 2.25. The maximum absolute atomic E-state index is 12.3. The van der Waals surface area contributed by atoms with Gasteiger partial charge in [0.05, 0.1) is 5.25 Å². The Kier molecular flexibility index (Phi) is 6.15. The fraction of sp³-hybridized carbons (Fsp3) is 0.357. The molecule has 1 atom stereocenters. The minimum atomic E-state index is -0.446. The van der Waals surface area contributed by atoms with Crippen molar-refractivity contribution >= 4 is 46.6 Å². The Labute approximate surface area is 147 Å².